The zero-order valence-corrected chi connectivity index (χ0v) is 13.0. The van der Waals surface area contributed by atoms with Crippen LogP contribution >= 0.6 is 11.6 Å². The normalized spacial score (nSPS) is 14.2. The first kappa shape index (κ1) is 14.4. The summed E-state index contributed by atoms with van der Waals surface area (Å²) in [6.07, 6.45) is 3.52. The standard InChI is InChI=1S/C18H20ClNO/c1-2-14-11-17(8-9-18(14)19)21-16-5-3-4-13(10-16)12-20-15-6-7-15/h3-5,8-11,15,20H,2,6-7,12H2,1H3. The minimum absolute atomic E-state index is 0.720. The lowest BCUT2D eigenvalue weighted by Gasteiger charge is -2.10. The number of aryl methyl sites for hydroxylation is 1. The summed E-state index contributed by atoms with van der Waals surface area (Å²) in [5.74, 6) is 1.71. The molecule has 0 aromatic heterocycles. The van der Waals surface area contributed by atoms with Gasteiger partial charge < -0.3 is 10.1 Å². The van der Waals surface area contributed by atoms with Crippen LogP contribution in [0.2, 0.25) is 5.02 Å². The molecular formula is C18H20ClNO. The van der Waals surface area contributed by atoms with Crippen molar-refractivity contribution in [1.82, 2.24) is 5.32 Å². The predicted octanol–water partition coefficient (Wildman–Crippen LogP) is 4.95. The second kappa shape index (κ2) is 6.50. The molecule has 0 atom stereocenters. The molecule has 2 aromatic rings. The maximum atomic E-state index is 6.14. The number of rotatable bonds is 6. The lowest BCUT2D eigenvalue weighted by molar-refractivity contribution is 0.481. The van der Waals surface area contributed by atoms with Gasteiger partial charge in [-0.1, -0.05) is 30.7 Å². The molecule has 2 aromatic carbocycles. The van der Waals surface area contributed by atoms with Crippen LogP contribution in [0.4, 0.5) is 0 Å². The zero-order chi connectivity index (χ0) is 14.7. The summed E-state index contributed by atoms with van der Waals surface area (Å²) in [4.78, 5) is 0. The van der Waals surface area contributed by atoms with Crippen molar-refractivity contribution in [3.63, 3.8) is 0 Å². The van der Waals surface area contributed by atoms with Gasteiger partial charge in [-0.05, 0) is 60.7 Å². The minimum atomic E-state index is 0.720. The molecule has 110 valence electrons. The van der Waals surface area contributed by atoms with Gasteiger partial charge in [-0.2, -0.15) is 0 Å². The van der Waals surface area contributed by atoms with Gasteiger partial charge >= 0.3 is 0 Å². The summed E-state index contributed by atoms with van der Waals surface area (Å²) < 4.78 is 5.95. The predicted molar refractivity (Wildman–Crippen MR) is 87.2 cm³/mol. The average molecular weight is 302 g/mol. The van der Waals surface area contributed by atoms with E-state index in [-0.39, 0.29) is 0 Å². The van der Waals surface area contributed by atoms with Crippen LogP contribution in [0.1, 0.15) is 30.9 Å². The second-order valence-corrected chi connectivity index (χ2v) is 5.92. The number of hydrogen-bond donors (Lipinski definition) is 1. The first-order chi connectivity index (χ1) is 10.2. The third kappa shape index (κ3) is 3.99. The highest BCUT2D eigenvalue weighted by Crippen LogP contribution is 2.27. The van der Waals surface area contributed by atoms with E-state index in [0.29, 0.717) is 0 Å². The summed E-state index contributed by atoms with van der Waals surface area (Å²) in [5, 5.41) is 4.32. The van der Waals surface area contributed by atoms with Crippen molar-refractivity contribution in [1.29, 1.82) is 0 Å². The Morgan fingerprint density at radius 3 is 2.71 bits per heavy atom. The van der Waals surface area contributed by atoms with E-state index < -0.39 is 0 Å². The second-order valence-electron chi connectivity index (χ2n) is 5.51. The zero-order valence-electron chi connectivity index (χ0n) is 12.2. The third-order valence-corrected chi connectivity index (χ3v) is 4.07. The van der Waals surface area contributed by atoms with Crippen LogP contribution in [-0.4, -0.2) is 6.04 Å². The monoisotopic (exact) mass is 301 g/mol. The molecule has 0 heterocycles. The van der Waals surface area contributed by atoms with Gasteiger partial charge in [-0.15, -0.1) is 0 Å². The molecule has 0 bridgehead atoms. The Morgan fingerprint density at radius 2 is 1.95 bits per heavy atom. The highest BCUT2D eigenvalue weighted by atomic mass is 35.5. The Balaban J connectivity index is 1.70. The topological polar surface area (TPSA) is 21.3 Å². The molecule has 2 nitrogen and oxygen atoms in total. The molecule has 1 saturated carbocycles. The van der Waals surface area contributed by atoms with E-state index >= 15 is 0 Å². The van der Waals surface area contributed by atoms with Crippen molar-refractivity contribution in [2.45, 2.75) is 38.8 Å². The van der Waals surface area contributed by atoms with Gasteiger partial charge in [0, 0.05) is 17.6 Å². The fourth-order valence-corrected chi connectivity index (χ4v) is 2.54. The van der Waals surface area contributed by atoms with Crippen molar-refractivity contribution in [3.8, 4) is 11.5 Å². The van der Waals surface area contributed by atoms with E-state index in [1.165, 1.54) is 18.4 Å². The molecule has 3 rings (SSSR count). The van der Waals surface area contributed by atoms with E-state index in [2.05, 4.69) is 24.4 Å². The van der Waals surface area contributed by atoms with Gasteiger partial charge in [0.2, 0.25) is 0 Å². The van der Waals surface area contributed by atoms with Crippen LogP contribution in [0.3, 0.4) is 0 Å². The van der Waals surface area contributed by atoms with Crippen LogP contribution in [0.5, 0.6) is 11.5 Å². The van der Waals surface area contributed by atoms with Crippen molar-refractivity contribution in [2.75, 3.05) is 0 Å². The molecule has 0 unspecified atom stereocenters. The maximum Gasteiger partial charge on any atom is 0.127 e. The fourth-order valence-electron chi connectivity index (χ4n) is 2.29. The summed E-state index contributed by atoms with van der Waals surface area (Å²) in [6, 6.07) is 14.8. The van der Waals surface area contributed by atoms with E-state index in [9.17, 15) is 0 Å². The molecule has 0 spiro atoms. The Bertz CT molecular complexity index is 622. The Hall–Kier alpha value is -1.51. The number of benzene rings is 2. The summed E-state index contributed by atoms with van der Waals surface area (Å²) in [7, 11) is 0. The van der Waals surface area contributed by atoms with E-state index in [1.54, 1.807) is 0 Å². The fraction of sp³-hybridized carbons (Fsp3) is 0.333. The Labute approximate surface area is 131 Å². The molecule has 1 fully saturated rings. The van der Waals surface area contributed by atoms with Gasteiger partial charge in [0.05, 0.1) is 0 Å². The van der Waals surface area contributed by atoms with Crippen LogP contribution in [-0.2, 0) is 13.0 Å². The first-order valence-corrected chi connectivity index (χ1v) is 7.91. The third-order valence-electron chi connectivity index (χ3n) is 3.70. The molecular weight excluding hydrogens is 282 g/mol. The lowest BCUT2D eigenvalue weighted by Crippen LogP contribution is -2.15. The quantitative estimate of drug-likeness (QED) is 0.815. The van der Waals surface area contributed by atoms with Gasteiger partial charge in [-0.3, -0.25) is 0 Å². The average Bonchev–Trinajstić information content (AvgIpc) is 3.32. The number of halogens is 1. The molecule has 21 heavy (non-hydrogen) atoms. The summed E-state index contributed by atoms with van der Waals surface area (Å²) in [6.45, 7) is 3.00. The smallest absolute Gasteiger partial charge is 0.127 e. The Kier molecular flexibility index (Phi) is 4.47. The number of ether oxygens (including phenoxy) is 1. The number of nitrogens with one attached hydrogen (secondary N) is 1. The molecule has 1 aliphatic carbocycles. The number of hydrogen-bond acceptors (Lipinski definition) is 2. The van der Waals surface area contributed by atoms with Crippen molar-refractivity contribution in [3.05, 3.63) is 58.6 Å². The van der Waals surface area contributed by atoms with Gasteiger partial charge in [0.15, 0.2) is 0 Å². The highest BCUT2D eigenvalue weighted by Gasteiger charge is 2.19. The summed E-state index contributed by atoms with van der Waals surface area (Å²) in [5.41, 5.74) is 2.37. The summed E-state index contributed by atoms with van der Waals surface area (Å²) >= 11 is 6.14. The highest BCUT2D eigenvalue weighted by molar-refractivity contribution is 6.31. The maximum absolute atomic E-state index is 6.14. The Morgan fingerprint density at radius 1 is 1.14 bits per heavy atom. The molecule has 0 radical (unpaired) electrons. The van der Waals surface area contributed by atoms with Crippen molar-refractivity contribution < 1.29 is 4.74 Å². The van der Waals surface area contributed by atoms with Crippen LogP contribution in [0.15, 0.2) is 42.5 Å². The van der Waals surface area contributed by atoms with Gasteiger partial charge in [-0.25, -0.2) is 0 Å². The largest absolute Gasteiger partial charge is 0.457 e. The SMILES string of the molecule is CCc1cc(Oc2cccc(CNC3CC3)c2)ccc1Cl. The van der Waals surface area contributed by atoms with Gasteiger partial charge in [0.25, 0.3) is 0 Å². The van der Waals surface area contributed by atoms with Crippen LogP contribution < -0.4 is 10.1 Å². The van der Waals surface area contributed by atoms with Crippen LogP contribution in [0.25, 0.3) is 0 Å². The minimum Gasteiger partial charge on any atom is -0.457 e. The lowest BCUT2D eigenvalue weighted by atomic mass is 10.1. The van der Waals surface area contributed by atoms with Gasteiger partial charge in [0.1, 0.15) is 11.5 Å². The van der Waals surface area contributed by atoms with Crippen molar-refractivity contribution >= 4 is 11.6 Å². The van der Waals surface area contributed by atoms with Crippen molar-refractivity contribution in [2.24, 2.45) is 0 Å². The van der Waals surface area contributed by atoms with E-state index in [4.69, 9.17) is 16.3 Å². The molecule has 0 amide bonds. The first-order valence-electron chi connectivity index (χ1n) is 7.53. The van der Waals surface area contributed by atoms with E-state index in [0.717, 1.165) is 41.1 Å². The molecule has 0 aliphatic heterocycles. The molecule has 1 aliphatic rings. The molecule has 0 saturated heterocycles. The van der Waals surface area contributed by atoms with E-state index in [1.807, 2.05) is 30.3 Å². The van der Waals surface area contributed by atoms with Crippen LogP contribution in [0, 0.1) is 0 Å². The molecule has 3 heteroatoms. The molecule has 1 N–H and O–H groups in total.